The van der Waals surface area contributed by atoms with E-state index in [1.165, 1.54) is 19.2 Å². The highest BCUT2D eigenvalue weighted by molar-refractivity contribution is 5.97. The lowest BCUT2D eigenvalue weighted by atomic mass is 9.98. The molecule has 0 aromatic heterocycles. The van der Waals surface area contributed by atoms with E-state index in [9.17, 15) is 14.0 Å². The van der Waals surface area contributed by atoms with Gasteiger partial charge in [-0.25, -0.2) is 4.39 Å². The molecule has 1 amide bonds. The van der Waals surface area contributed by atoms with Crippen LogP contribution in [-0.4, -0.2) is 19.0 Å². The number of hydrogen-bond acceptors (Lipinski definition) is 4. The summed E-state index contributed by atoms with van der Waals surface area (Å²) in [7, 11) is 1.35. The normalized spacial score (nSPS) is 11.6. The number of carbonyl (C=O) groups excluding carboxylic acids is 2. The third-order valence-corrected chi connectivity index (χ3v) is 6.08. The molecule has 4 aromatic carbocycles. The van der Waals surface area contributed by atoms with Crippen molar-refractivity contribution in [2.24, 2.45) is 0 Å². The molecule has 1 atom stereocenters. The Morgan fingerprint density at radius 1 is 0.944 bits per heavy atom. The lowest BCUT2D eigenvalue weighted by Gasteiger charge is -2.19. The van der Waals surface area contributed by atoms with Crippen LogP contribution in [-0.2, 0) is 16.0 Å². The fraction of sp³-hybridized carbons (Fsp3) is 0.200. The monoisotopic (exact) mass is 485 g/mol. The molecule has 4 rings (SSSR count). The quantitative estimate of drug-likeness (QED) is 0.266. The second-order valence-electron chi connectivity index (χ2n) is 8.54. The van der Waals surface area contributed by atoms with Crippen LogP contribution in [0.2, 0.25) is 0 Å². The van der Waals surface area contributed by atoms with E-state index < -0.39 is 5.82 Å². The van der Waals surface area contributed by atoms with Gasteiger partial charge in [-0.1, -0.05) is 60.7 Å². The molecule has 0 aliphatic rings. The van der Waals surface area contributed by atoms with Crippen LogP contribution in [0.25, 0.3) is 10.8 Å². The lowest BCUT2D eigenvalue weighted by molar-refractivity contribution is -0.140. The van der Waals surface area contributed by atoms with E-state index in [-0.39, 0.29) is 30.1 Å². The maximum Gasteiger partial charge on any atom is 0.305 e. The van der Waals surface area contributed by atoms with Gasteiger partial charge in [-0.15, -0.1) is 0 Å². The molecular formula is C30H28FNO4. The summed E-state index contributed by atoms with van der Waals surface area (Å²) in [6, 6.07) is 25.0. The molecule has 0 saturated heterocycles. The molecule has 0 spiro atoms. The number of fused-ring (bicyclic) bond motifs is 1. The minimum absolute atomic E-state index is 0.0754. The van der Waals surface area contributed by atoms with Crippen LogP contribution in [0, 0.1) is 5.82 Å². The summed E-state index contributed by atoms with van der Waals surface area (Å²) in [4.78, 5) is 25.0. The fourth-order valence-electron chi connectivity index (χ4n) is 4.21. The van der Waals surface area contributed by atoms with Crippen LogP contribution in [0.3, 0.4) is 0 Å². The number of nitrogens with one attached hydrogen (secondary N) is 1. The zero-order valence-corrected chi connectivity index (χ0v) is 20.3. The molecule has 0 unspecified atom stereocenters. The van der Waals surface area contributed by atoms with Crippen molar-refractivity contribution in [2.45, 2.75) is 32.2 Å². The van der Waals surface area contributed by atoms with Crippen molar-refractivity contribution < 1.29 is 23.5 Å². The smallest absolute Gasteiger partial charge is 0.305 e. The van der Waals surface area contributed by atoms with Crippen molar-refractivity contribution in [1.82, 2.24) is 5.32 Å². The van der Waals surface area contributed by atoms with E-state index in [2.05, 4.69) is 5.32 Å². The van der Waals surface area contributed by atoms with Crippen molar-refractivity contribution in [1.29, 1.82) is 0 Å². The second kappa shape index (κ2) is 11.5. The summed E-state index contributed by atoms with van der Waals surface area (Å²) < 4.78 is 24.6. The average molecular weight is 486 g/mol. The van der Waals surface area contributed by atoms with Crippen molar-refractivity contribution in [3.05, 3.63) is 107 Å². The molecule has 36 heavy (non-hydrogen) atoms. The third kappa shape index (κ3) is 5.89. The highest BCUT2D eigenvalue weighted by atomic mass is 19.1. The fourth-order valence-corrected chi connectivity index (χ4v) is 4.21. The summed E-state index contributed by atoms with van der Waals surface area (Å²) in [6.07, 6.45) is 1.28. The first-order valence-electron chi connectivity index (χ1n) is 11.9. The number of rotatable bonds is 9. The predicted octanol–water partition coefficient (Wildman–Crippen LogP) is 6.76. The summed E-state index contributed by atoms with van der Waals surface area (Å²) in [5.41, 5.74) is 2.19. The molecular weight excluding hydrogens is 457 g/mol. The van der Waals surface area contributed by atoms with Gasteiger partial charge in [0, 0.05) is 12.0 Å². The van der Waals surface area contributed by atoms with Gasteiger partial charge in [0.25, 0.3) is 5.91 Å². The molecule has 0 radical (unpaired) electrons. The maximum absolute atomic E-state index is 14.1. The van der Waals surface area contributed by atoms with Crippen LogP contribution < -0.4 is 10.1 Å². The second-order valence-corrected chi connectivity index (χ2v) is 8.54. The zero-order valence-electron chi connectivity index (χ0n) is 20.3. The Balaban J connectivity index is 1.60. The van der Waals surface area contributed by atoms with E-state index in [1.807, 2.05) is 49.4 Å². The lowest BCUT2D eigenvalue weighted by Crippen LogP contribution is -2.27. The number of methoxy groups -OCH3 is 1. The number of hydrogen-bond donors (Lipinski definition) is 1. The first-order valence-corrected chi connectivity index (χ1v) is 11.9. The van der Waals surface area contributed by atoms with Gasteiger partial charge in [0.2, 0.25) is 0 Å². The molecule has 184 valence electrons. The molecule has 0 aliphatic heterocycles. The topological polar surface area (TPSA) is 64.6 Å². The van der Waals surface area contributed by atoms with Crippen LogP contribution >= 0.6 is 0 Å². The number of esters is 1. The number of amides is 1. The Labute approximate surface area is 209 Å². The number of benzene rings is 4. The van der Waals surface area contributed by atoms with Gasteiger partial charge in [0.05, 0.1) is 13.2 Å². The van der Waals surface area contributed by atoms with Gasteiger partial charge in [-0.2, -0.15) is 0 Å². The Morgan fingerprint density at radius 3 is 2.50 bits per heavy atom. The highest BCUT2D eigenvalue weighted by Gasteiger charge is 2.18. The number of carbonyl (C=O) groups is 2. The number of aryl methyl sites for hydroxylation is 1. The molecule has 1 N–H and O–H groups in total. The number of para-hydroxylation sites is 1. The van der Waals surface area contributed by atoms with Crippen molar-refractivity contribution in [3.63, 3.8) is 0 Å². The van der Waals surface area contributed by atoms with E-state index in [4.69, 9.17) is 9.47 Å². The van der Waals surface area contributed by atoms with Gasteiger partial charge >= 0.3 is 5.97 Å². The molecule has 4 aromatic rings. The minimum Gasteiger partial charge on any atom is -0.469 e. The van der Waals surface area contributed by atoms with Crippen molar-refractivity contribution in [3.8, 4) is 11.5 Å². The van der Waals surface area contributed by atoms with Gasteiger partial charge in [-0.05, 0) is 65.9 Å². The van der Waals surface area contributed by atoms with Crippen LogP contribution in [0.5, 0.6) is 11.5 Å². The standard InChI is InChI=1S/C30H28FNO4/c1-20(24-13-7-10-21-9-3-4-12-25(21)24)32-30(34)26-19-23(36-28-15-6-5-14-27(28)31)18-17-22(26)11-8-16-29(33)35-2/h3-7,9-10,12-15,17-20H,8,11,16H2,1-2H3,(H,32,34)/t20-/m1/s1. The van der Waals surface area contributed by atoms with E-state index in [0.29, 0.717) is 24.2 Å². The largest absolute Gasteiger partial charge is 0.469 e. The summed E-state index contributed by atoms with van der Waals surface area (Å²) >= 11 is 0. The Morgan fingerprint density at radius 2 is 1.69 bits per heavy atom. The molecule has 0 heterocycles. The zero-order chi connectivity index (χ0) is 25.5. The Bertz CT molecular complexity index is 1380. The molecule has 0 saturated carbocycles. The Hall–Kier alpha value is -4.19. The predicted molar refractivity (Wildman–Crippen MR) is 138 cm³/mol. The molecule has 0 bridgehead atoms. The van der Waals surface area contributed by atoms with E-state index in [1.54, 1.807) is 30.3 Å². The average Bonchev–Trinajstić information content (AvgIpc) is 2.90. The Kier molecular flexibility index (Phi) is 7.95. The van der Waals surface area contributed by atoms with Crippen LogP contribution in [0.4, 0.5) is 4.39 Å². The van der Waals surface area contributed by atoms with Crippen LogP contribution in [0.15, 0.2) is 84.9 Å². The van der Waals surface area contributed by atoms with Gasteiger partial charge in [-0.3, -0.25) is 9.59 Å². The van der Waals surface area contributed by atoms with Crippen molar-refractivity contribution >= 4 is 22.6 Å². The highest BCUT2D eigenvalue weighted by Crippen LogP contribution is 2.28. The molecule has 5 nitrogen and oxygen atoms in total. The number of ether oxygens (including phenoxy) is 2. The minimum atomic E-state index is -0.491. The summed E-state index contributed by atoms with van der Waals surface area (Å²) in [5.74, 6) is -0.644. The first kappa shape index (κ1) is 24.9. The SMILES string of the molecule is COC(=O)CCCc1ccc(Oc2ccccc2F)cc1C(=O)N[C@H](C)c1cccc2ccccc12. The maximum atomic E-state index is 14.1. The summed E-state index contributed by atoms with van der Waals surface area (Å²) in [6.45, 7) is 1.94. The van der Waals surface area contributed by atoms with Gasteiger partial charge in [0.1, 0.15) is 5.75 Å². The molecule has 6 heteroatoms. The molecule has 0 fully saturated rings. The van der Waals surface area contributed by atoms with Crippen LogP contribution in [0.1, 0.15) is 47.3 Å². The summed E-state index contributed by atoms with van der Waals surface area (Å²) in [5, 5.41) is 5.27. The third-order valence-electron chi connectivity index (χ3n) is 6.08. The number of halogens is 1. The molecule has 0 aliphatic carbocycles. The van der Waals surface area contributed by atoms with Crippen molar-refractivity contribution in [2.75, 3.05) is 7.11 Å². The van der Waals surface area contributed by atoms with Gasteiger partial charge in [0.15, 0.2) is 11.6 Å². The van der Waals surface area contributed by atoms with E-state index >= 15 is 0 Å². The van der Waals surface area contributed by atoms with E-state index in [0.717, 1.165) is 21.9 Å². The van der Waals surface area contributed by atoms with Gasteiger partial charge < -0.3 is 14.8 Å². The first-order chi connectivity index (χ1) is 17.5.